The Morgan fingerprint density at radius 1 is 0.875 bits per heavy atom. The monoisotopic (exact) mass is 412 g/mol. The van der Waals surface area contributed by atoms with Crippen LogP contribution < -0.4 is 0 Å². The molecule has 7 nitrogen and oxygen atoms in total. The van der Waals surface area contributed by atoms with Crippen LogP contribution in [0.2, 0.25) is 0 Å². The van der Waals surface area contributed by atoms with Gasteiger partial charge in [0.15, 0.2) is 20.0 Å². The van der Waals surface area contributed by atoms with Crippen LogP contribution >= 0.6 is 0 Å². The van der Waals surface area contributed by atoms with E-state index < -0.39 is 31.1 Å². The van der Waals surface area contributed by atoms with Gasteiger partial charge in [0.2, 0.25) is 0 Å². The van der Waals surface area contributed by atoms with Crippen molar-refractivity contribution in [3.8, 4) is 0 Å². The first-order chi connectivity index (χ1) is 10.4. The van der Waals surface area contributed by atoms with Gasteiger partial charge in [0, 0.05) is 0 Å². The molecule has 0 amide bonds. The first-order valence-corrected chi connectivity index (χ1v) is 9.08. The molecule has 1 N–H and O–H groups in total. The van der Waals surface area contributed by atoms with Crippen LogP contribution in [-0.4, -0.2) is 70.7 Å². The van der Waals surface area contributed by atoms with E-state index in [2.05, 4.69) is 20.9 Å². The molecule has 0 aliphatic heterocycles. The average molecular weight is 412 g/mol. The Bertz CT molecular complexity index is 539. The summed E-state index contributed by atoms with van der Waals surface area (Å²) < 4.78 is 110. The predicted molar refractivity (Wildman–Crippen MR) is 72.5 cm³/mol. The summed E-state index contributed by atoms with van der Waals surface area (Å²) >= 11 is 0. The standard InChI is InChI=1S/C7H18NO.C2F6NO4S2/c1-4-8(3,5-2)6-7-9;3-1(4,5)14(10,11)9-15(12,13)2(6,7)8/h9H,4-7H2,1-3H3;/q+1;-1. The molecule has 0 fully saturated rings. The van der Waals surface area contributed by atoms with Crippen molar-refractivity contribution in [2.75, 3.05) is 33.3 Å². The smallest absolute Gasteiger partial charge is 0.421 e. The van der Waals surface area contributed by atoms with Crippen molar-refractivity contribution in [2.45, 2.75) is 24.9 Å². The SMILES string of the molecule is CC[N+](C)(CC)CCO.O=S(=O)([N-]S(=O)(=O)C(F)(F)F)C(F)(F)F. The number of sulfonamides is 2. The molecular weight excluding hydrogens is 394 g/mol. The number of quaternary nitrogens is 1. The van der Waals surface area contributed by atoms with E-state index in [9.17, 15) is 43.2 Å². The highest BCUT2D eigenvalue weighted by Crippen LogP contribution is 2.36. The molecule has 0 atom stereocenters. The Kier molecular flexibility index (Phi) is 9.22. The van der Waals surface area contributed by atoms with Crippen LogP contribution in [0.5, 0.6) is 0 Å². The lowest BCUT2D eigenvalue weighted by molar-refractivity contribution is -0.906. The predicted octanol–water partition coefficient (Wildman–Crippen LogP) is 1.52. The van der Waals surface area contributed by atoms with Gasteiger partial charge in [-0.25, -0.2) is 16.8 Å². The largest absolute Gasteiger partial charge is 0.480 e. The minimum absolute atomic E-state index is 0.304. The van der Waals surface area contributed by atoms with Crippen LogP contribution in [-0.2, 0) is 20.0 Å². The lowest BCUT2D eigenvalue weighted by atomic mass is 10.4. The normalized spacial score (nSPS) is 14.1. The van der Waals surface area contributed by atoms with Crippen LogP contribution in [0.3, 0.4) is 0 Å². The van der Waals surface area contributed by atoms with E-state index in [1.807, 2.05) is 0 Å². The molecule has 0 aliphatic carbocycles. The van der Waals surface area contributed by atoms with Gasteiger partial charge in [-0.15, -0.1) is 0 Å². The number of hydrogen-bond acceptors (Lipinski definition) is 5. The zero-order valence-electron chi connectivity index (χ0n) is 12.9. The molecular formula is C9H18F6N2O5S2. The van der Waals surface area contributed by atoms with E-state index in [1.165, 1.54) is 0 Å². The fraction of sp³-hybridized carbons (Fsp3) is 1.00. The molecule has 0 unspecified atom stereocenters. The number of aliphatic hydroxyl groups excluding tert-OH is 1. The van der Waals surface area contributed by atoms with Crippen LogP contribution in [0.4, 0.5) is 26.3 Å². The molecule has 0 aliphatic rings. The highest BCUT2D eigenvalue weighted by atomic mass is 32.3. The Morgan fingerprint density at radius 2 is 1.17 bits per heavy atom. The molecule has 0 aromatic carbocycles. The summed E-state index contributed by atoms with van der Waals surface area (Å²) in [6, 6.07) is 0. The van der Waals surface area contributed by atoms with Crippen LogP contribution in [0.15, 0.2) is 0 Å². The van der Waals surface area contributed by atoms with Gasteiger partial charge in [0.05, 0.1) is 26.7 Å². The maximum atomic E-state index is 11.4. The summed E-state index contributed by atoms with van der Waals surface area (Å²) in [6.45, 7) is 7.71. The van der Waals surface area contributed by atoms with E-state index in [0.717, 1.165) is 28.2 Å². The fourth-order valence-electron chi connectivity index (χ4n) is 0.995. The van der Waals surface area contributed by atoms with Crippen LogP contribution in [0.25, 0.3) is 4.13 Å². The van der Waals surface area contributed by atoms with Gasteiger partial charge in [-0.05, 0) is 13.8 Å². The molecule has 0 aromatic heterocycles. The van der Waals surface area contributed by atoms with Crippen molar-refractivity contribution < 1.29 is 52.8 Å². The summed E-state index contributed by atoms with van der Waals surface area (Å²) in [4.78, 5) is 0. The minimum atomic E-state index is -6.72. The lowest BCUT2D eigenvalue weighted by Crippen LogP contribution is -2.45. The molecule has 15 heteroatoms. The number of halogens is 6. The van der Waals surface area contributed by atoms with E-state index in [-0.39, 0.29) is 0 Å². The summed E-state index contributed by atoms with van der Waals surface area (Å²) in [5.41, 5.74) is -12.4. The zero-order chi connectivity index (χ0) is 20.0. The summed E-state index contributed by atoms with van der Waals surface area (Å²) in [6.07, 6.45) is 0. The first-order valence-electron chi connectivity index (χ1n) is 6.20. The maximum absolute atomic E-state index is 11.4. The van der Waals surface area contributed by atoms with E-state index >= 15 is 0 Å². The highest BCUT2D eigenvalue weighted by Gasteiger charge is 2.46. The number of hydrogen-bond donors (Lipinski definition) is 1. The van der Waals surface area contributed by atoms with Gasteiger partial charge < -0.3 is 13.7 Å². The highest BCUT2D eigenvalue weighted by molar-refractivity contribution is 8.13. The molecule has 148 valence electrons. The minimum Gasteiger partial charge on any atom is -0.421 e. The fourth-order valence-corrected chi connectivity index (χ4v) is 2.70. The Hall–Kier alpha value is -0.640. The molecule has 0 heterocycles. The number of aliphatic hydroxyl groups is 1. The van der Waals surface area contributed by atoms with Crippen molar-refractivity contribution in [3.63, 3.8) is 0 Å². The van der Waals surface area contributed by atoms with Crippen LogP contribution in [0, 0.1) is 0 Å². The van der Waals surface area contributed by atoms with Gasteiger partial charge in [0.1, 0.15) is 6.54 Å². The topological polar surface area (TPSA) is 103 Å². The number of nitrogens with zero attached hydrogens (tertiary/aromatic N) is 2. The summed E-state index contributed by atoms with van der Waals surface area (Å²) in [5.74, 6) is 0. The molecule has 24 heavy (non-hydrogen) atoms. The summed E-state index contributed by atoms with van der Waals surface area (Å²) in [5, 5.41) is 8.65. The lowest BCUT2D eigenvalue weighted by Gasteiger charge is -2.31. The molecule has 0 saturated heterocycles. The molecule has 0 saturated carbocycles. The zero-order valence-corrected chi connectivity index (χ0v) is 14.5. The van der Waals surface area contributed by atoms with E-state index in [4.69, 9.17) is 5.11 Å². The second-order valence-corrected chi connectivity index (χ2v) is 8.04. The second kappa shape index (κ2) is 8.64. The van der Waals surface area contributed by atoms with Crippen molar-refractivity contribution in [1.29, 1.82) is 0 Å². The number of rotatable bonds is 6. The second-order valence-electron chi connectivity index (χ2n) is 4.62. The number of likely N-dealkylation sites (N-methyl/N-ethyl adjacent to an activating group) is 1. The quantitative estimate of drug-likeness (QED) is 0.527. The molecule has 0 spiro atoms. The third kappa shape index (κ3) is 7.96. The van der Waals surface area contributed by atoms with E-state index in [0.29, 0.717) is 6.61 Å². The maximum Gasteiger partial charge on any atom is 0.480 e. The van der Waals surface area contributed by atoms with Gasteiger partial charge in [0.25, 0.3) is 0 Å². The first kappa shape index (κ1) is 25.6. The van der Waals surface area contributed by atoms with Crippen molar-refractivity contribution in [1.82, 2.24) is 0 Å². The summed E-state index contributed by atoms with van der Waals surface area (Å²) in [7, 11) is -11.3. The van der Waals surface area contributed by atoms with Gasteiger partial charge in [-0.2, -0.15) is 26.3 Å². The molecule has 0 bridgehead atoms. The van der Waals surface area contributed by atoms with Crippen molar-refractivity contribution >= 4 is 20.0 Å². The number of alkyl halides is 6. The van der Waals surface area contributed by atoms with Gasteiger partial charge >= 0.3 is 11.0 Å². The van der Waals surface area contributed by atoms with Gasteiger partial charge in [-0.1, -0.05) is 0 Å². The van der Waals surface area contributed by atoms with Gasteiger partial charge in [-0.3, -0.25) is 0 Å². The van der Waals surface area contributed by atoms with E-state index in [1.54, 1.807) is 0 Å². The van der Waals surface area contributed by atoms with Crippen LogP contribution in [0.1, 0.15) is 13.8 Å². The van der Waals surface area contributed by atoms with Crippen molar-refractivity contribution in [3.05, 3.63) is 4.13 Å². The Balaban J connectivity index is 0. The average Bonchev–Trinajstić information content (AvgIpc) is 2.35. The third-order valence-electron chi connectivity index (χ3n) is 2.95. The third-order valence-corrected chi connectivity index (χ3v) is 5.69. The molecule has 0 rings (SSSR count). The Morgan fingerprint density at radius 3 is 1.29 bits per heavy atom. The van der Waals surface area contributed by atoms with Crippen molar-refractivity contribution in [2.24, 2.45) is 0 Å². The Labute approximate surface area is 135 Å². The molecule has 0 radical (unpaired) electrons. The molecule has 0 aromatic rings.